The minimum Gasteiger partial charge on any atom is -0.304 e. The highest BCUT2D eigenvalue weighted by atomic mass is 32.2. The van der Waals surface area contributed by atoms with Crippen LogP contribution in [0.2, 0.25) is 0 Å². The summed E-state index contributed by atoms with van der Waals surface area (Å²) in [6.45, 7) is 29.3. The van der Waals surface area contributed by atoms with Gasteiger partial charge < -0.3 is 4.90 Å². The molecule has 0 atom stereocenters. The first-order chi connectivity index (χ1) is 28.0. The lowest BCUT2D eigenvalue weighted by Gasteiger charge is -2.22. The normalized spacial score (nSPS) is 11.4. The van der Waals surface area contributed by atoms with Crippen molar-refractivity contribution in [3.05, 3.63) is 0 Å². The summed E-state index contributed by atoms with van der Waals surface area (Å²) < 4.78 is 5.37. The van der Waals surface area contributed by atoms with E-state index < -0.39 is 0 Å². The number of nitrogens with zero attached hydrogens (tertiary/aromatic N) is 3. The molecule has 0 fully saturated rings. The van der Waals surface area contributed by atoms with Crippen molar-refractivity contribution in [2.75, 3.05) is 57.3 Å². The SMILES string of the molecule is CCC.CCCCCCC.CCCCCCCCCCN(CCCCCCCC)SCCCCCCN(CC)CCCCCCSN(CC)CCCCCCCC. The molecular weight excluding hydrogens is 731 g/mol. The molecule has 0 aliphatic carbocycles. The van der Waals surface area contributed by atoms with E-state index in [9.17, 15) is 0 Å². The molecule has 57 heavy (non-hydrogen) atoms. The summed E-state index contributed by atoms with van der Waals surface area (Å²) in [7, 11) is 0. The van der Waals surface area contributed by atoms with Crippen LogP contribution in [-0.2, 0) is 0 Å². The summed E-state index contributed by atoms with van der Waals surface area (Å²) in [5.41, 5.74) is 0. The predicted octanol–water partition coefficient (Wildman–Crippen LogP) is 18.6. The van der Waals surface area contributed by atoms with Gasteiger partial charge in [0, 0.05) is 37.7 Å². The summed E-state index contributed by atoms with van der Waals surface area (Å²) >= 11 is 4.29. The molecule has 5 heteroatoms. The molecule has 0 aliphatic rings. The van der Waals surface area contributed by atoms with Crippen LogP contribution in [0.5, 0.6) is 0 Å². The van der Waals surface area contributed by atoms with Crippen LogP contribution in [0.4, 0.5) is 0 Å². The smallest absolute Gasteiger partial charge is 0.00893 e. The Morgan fingerprint density at radius 1 is 0.246 bits per heavy atom. The highest BCUT2D eigenvalue weighted by molar-refractivity contribution is 7.97. The Hall–Kier alpha value is 0.580. The maximum absolute atomic E-state index is 2.75. The fraction of sp³-hybridized carbons (Fsp3) is 1.00. The van der Waals surface area contributed by atoms with E-state index in [2.05, 4.69) is 99.7 Å². The maximum atomic E-state index is 2.75. The molecule has 0 rings (SSSR count). The van der Waals surface area contributed by atoms with Gasteiger partial charge in [0.25, 0.3) is 0 Å². The van der Waals surface area contributed by atoms with Gasteiger partial charge in [0.2, 0.25) is 0 Å². The zero-order valence-electron chi connectivity index (χ0n) is 41.6. The summed E-state index contributed by atoms with van der Waals surface area (Å²) in [5.74, 6) is 2.65. The molecule has 0 N–H and O–H groups in total. The van der Waals surface area contributed by atoms with Crippen molar-refractivity contribution in [3.8, 4) is 0 Å². The first-order valence-electron chi connectivity index (χ1n) is 26.5. The first kappa shape index (κ1) is 61.9. The number of unbranched alkanes of at least 4 members (excludes halogenated alkanes) is 27. The van der Waals surface area contributed by atoms with Crippen molar-refractivity contribution in [1.29, 1.82) is 0 Å². The van der Waals surface area contributed by atoms with E-state index in [1.807, 2.05) is 0 Å². The van der Waals surface area contributed by atoms with Crippen molar-refractivity contribution < 1.29 is 0 Å². The molecule has 0 heterocycles. The summed E-state index contributed by atoms with van der Waals surface area (Å²) in [6.07, 6.45) is 47.8. The Bertz CT molecular complexity index is 647. The minimum atomic E-state index is 1.20. The number of rotatable bonds is 45. The van der Waals surface area contributed by atoms with Crippen molar-refractivity contribution in [3.63, 3.8) is 0 Å². The van der Waals surface area contributed by atoms with Gasteiger partial charge in [-0.2, -0.15) is 0 Å². The van der Waals surface area contributed by atoms with Crippen LogP contribution < -0.4 is 0 Å². The molecule has 0 spiro atoms. The van der Waals surface area contributed by atoms with E-state index in [-0.39, 0.29) is 0 Å². The Morgan fingerprint density at radius 3 is 0.807 bits per heavy atom. The zero-order valence-corrected chi connectivity index (χ0v) is 43.2. The maximum Gasteiger partial charge on any atom is 0.00893 e. The molecule has 0 saturated heterocycles. The van der Waals surface area contributed by atoms with Crippen LogP contribution in [0.3, 0.4) is 0 Å². The monoisotopic (exact) mass is 844 g/mol. The highest BCUT2D eigenvalue weighted by Crippen LogP contribution is 2.19. The van der Waals surface area contributed by atoms with Crippen LogP contribution in [0, 0.1) is 0 Å². The van der Waals surface area contributed by atoms with Gasteiger partial charge >= 0.3 is 0 Å². The van der Waals surface area contributed by atoms with Crippen molar-refractivity contribution in [2.45, 2.75) is 281 Å². The third kappa shape index (κ3) is 56.6. The van der Waals surface area contributed by atoms with Gasteiger partial charge in [-0.3, -0.25) is 8.61 Å². The fourth-order valence-corrected chi connectivity index (χ4v) is 9.33. The lowest BCUT2D eigenvalue weighted by Crippen LogP contribution is -2.25. The van der Waals surface area contributed by atoms with E-state index in [0.717, 1.165) is 0 Å². The largest absolute Gasteiger partial charge is 0.304 e. The lowest BCUT2D eigenvalue weighted by molar-refractivity contribution is 0.274. The molecule has 0 aromatic carbocycles. The second kappa shape index (κ2) is 58.7. The molecule has 0 saturated carbocycles. The van der Waals surface area contributed by atoms with Crippen molar-refractivity contribution in [1.82, 2.24) is 13.5 Å². The molecular formula is C52H113N3S2. The van der Waals surface area contributed by atoms with Gasteiger partial charge in [0.1, 0.15) is 0 Å². The van der Waals surface area contributed by atoms with E-state index in [1.165, 1.54) is 276 Å². The molecule has 0 aliphatic heterocycles. The molecule has 0 bridgehead atoms. The van der Waals surface area contributed by atoms with E-state index in [0.29, 0.717) is 0 Å². The Labute approximate surface area is 373 Å². The Kier molecular flexibility index (Phi) is 63.7. The van der Waals surface area contributed by atoms with Gasteiger partial charge in [0.05, 0.1) is 0 Å². The number of hydrogen-bond acceptors (Lipinski definition) is 5. The highest BCUT2D eigenvalue weighted by Gasteiger charge is 2.07. The van der Waals surface area contributed by atoms with Gasteiger partial charge in [-0.05, 0) is 64.6 Å². The first-order valence-corrected chi connectivity index (χ1v) is 28.4. The Morgan fingerprint density at radius 2 is 0.491 bits per heavy atom. The molecule has 0 aromatic heterocycles. The van der Waals surface area contributed by atoms with Gasteiger partial charge in [-0.1, -0.05) is 260 Å². The molecule has 3 nitrogen and oxygen atoms in total. The van der Waals surface area contributed by atoms with E-state index in [1.54, 1.807) is 0 Å². The average Bonchev–Trinajstić information content (AvgIpc) is 3.22. The van der Waals surface area contributed by atoms with Crippen LogP contribution in [0.1, 0.15) is 281 Å². The molecule has 0 unspecified atom stereocenters. The predicted molar refractivity (Wildman–Crippen MR) is 273 cm³/mol. The van der Waals surface area contributed by atoms with Gasteiger partial charge in [0.15, 0.2) is 0 Å². The average molecular weight is 845 g/mol. The fourth-order valence-electron chi connectivity index (χ4n) is 7.19. The molecule has 0 radical (unpaired) electrons. The summed E-state index contributed by atoms with van der Waals surface area (Å²) in [6, 6.07) is 0. The van der Waals surface area contributed by atoms with E-state index in [4.69, 9.17) is 0 Å². The van der Waals surface area contributed by atoms with Gasteiger partial charge in [-0.25, -0.2) is 0 Å². The second-order valence-electron chi connectivity index (χ2n) is 17.2. The second-order valence-corrected chi connectivity index (χ2v) is 19.5. The standard InChI is InChI=1S/C42H89N3S2.C7H16.C3H8/c1-6-11-14-17-20-21-24-33-40-45(39-32-23-19-16-13-8-3)47-42-35-28-26-30-37-43(9-4)36-29-25-27-34-41-46-44(10-5)38-31-22-18-15-12-7-2;1-3-5-7-6-4-2;1-3-2/h6-42H2,1-5H3;3-7H2,1-2H3;3H2,1-2H3. The molecule has 0 amide bonds. The Balaban J connectivity index is -0.00000257. The molecule has 348 valence electrons. The van der Waals surface area contributed by atoms with Crippen LogP contribution >= 0.6 is 23.9 Å². The van der Waals surface area contributed by atoms with E-state index >= 15 is 0 Å². The molecule has 0 aromatic rings. The third-order valence-corrected chi connectivity index (χ3v) is 13.6. The number of hydrogen-bond donors (Lipinski definition) is 0. The quantitative estimate of drug-likeness (QED) is 0.0445. The van der Waals surface area contributed by atoms with Crippen LogP contribution in [0.25, 0.3) is 0 Å². The topological polar surface area (TPSA) is 9.72 Å². The zero-order chi connectivity index (χ0) is 42.6. The van der Waals surface area contributed by atoms with Crippen LogP contribution in [-0.4, -0.2) is 70.8 Å². The summed E-state index contributed by atoms with van der Waals surface area (Å²) in [4.78, 5) is 2.72. The summed E-state index contributed by atoms with van der Waals surface area (Å²) in [5, 5.41) is 0. The minimum absolute atomic E-state index is 1.20. The van der Waals surface area contributed by atoms with Crippen molar-refractivity contribution in [2.24, 2.45) is 0 Å². The third-order valence-electron chi connectivity index (χ3n) is 11.1. The lowest BCUT2D eigenvalue weighted by atomic mass is 10.1. The van der Waals surface area contributed by atoms with Crippen LogP contribution in [0.15, 0.2) is 0 Å². The van der Waals surface area contributed by atoms with Crippen molar-refractivity contribution >= 4 is 23.9 Å². The van der Waals surface area contributed by atoms with Gasteiger partial charge in [-0.15, -0.1) is 0 Å².